The summed E-state index contributed by atoms with van der Waals surface area (Å²) < 4.78 is 0.777. The number of rotatable bonds is 4. The highest BCUT2D eigenvalue weighted by Gasteiger charge is 2.07. The molecule has 0 atom stereocenters. The normalized spacial score (nSPS) is 10.3. The Hall–Kier alpha value is -1.03. The van der Waals surface area contributed by atoms with Crippen LogP contribution in [0.5, 0.6) is 0 Å². The zero-order valence-electron chi connectivity index (χ0n) is 10.5. The fraction of sp³-hybridized carbons (Fsp3) is 0.133. The summed E-state index contributed by atoms with van der Waals surface area (Å²) in [7, 11) is 0. The van der Waals surface area contributed by atoms with Gasteiger partial charge in [0.15, 0.2) is 0 Å². The van der Waals surface area contributed by atoms with E-state index in [1.54, 1.807) is 18.2 Å². The topological polar surface area (TPSA) is 29.1 Å². The number of amides is 1. The number of carbonyl (C=O) groups excluding carboxylic acids is 1. The van der Waals surface area contributed by atoms with Crippen molar-refractivity contribution in [1.29, 1.82) is 0 Å². The third-order valence-corrected chi connectivity index (χ3v) is 3.71. The number of benzene rings is 2. The van der Waals surface area contributed by atoms with Gasteiger partial charge in [-0.1, -0.05) is 51.8 Å². The van der Waals surface area contributed by atoms with E-state index in [1.807, 2.05) is 24.3 Å². The second kappa shape index (κ2) is 7.11. The number of nitrogens with one attached hydrogen (secondary N) is 1. The molecule has 2 nitrogen and oxygen atoms in total. The van der Waals surface area contributed by atoms with Crippen LogP contribution < -0.4 is 5.32 Å². The number of alkyl halides is 1. The Morgan fingerprint density at radius 2 is 1.90 bits per heavy atom. The Balaban J connectivity index is 2.04. The van der Waals surface area contributed by atoms with Gasteiger partial charge in [0.05, 0.1) is 0 Å². The van der Waals surface area contributed by atoms with Crippen LogP contribution in [0.1, 0.15) is 21.5 Å². The molecular weight excluding hydrogens is 361 g/mol. The summed E-state index contributed by atoms with van der Waals surface area (Å²) in [5, 5.41) is 3.38. The zero-order chi connectivity index (χ0) is 14.5. The van der Waals surface area contributed by atoms with Crippen LogP contribution in [-0.2, 0) is 12.4 Å². The summed E-state index contributed by atoms with van der Waals surface area (Å²) in [6.45, 7) is 0.452. The molecule has 0 radical (unpaired) electrons. The van der Waals surface area contributed by atoms with Crippen LogP contribution in [0.15, 0.2) is 46.9 Å². The van der Waals surface area contributed by atoms with E-state index in [1.165, 1.54) is 0 Å². The van der Waals surface area contributed by atoms with E-state index in [-0.39, 0.29) is 5.91 Å². The van der Waals surface area contributed by atoms with Gasteiger partial charge in [0.1, 0.15) is 0 Å². The van der Waals surface area contributed by atoms with Crippen molar-refractivity contribution >= 4 is 45.0 Å². The molecule has 1 amide bonds. The van der Waals surface area contributed by atoms with Gasteiger partial charge in [0.25, 0.3) is 5.91 Å². The zero-order valence-corrected chi connectivity index (χ0v) is 13.6. The fourth-order valence-corrected chi connectivity index (χ4v) is 2.82. The minimum Gasteiger partial charge on any atom is -0.348 e. The maximum Gasteiger partial charge on any atom is 0.251 e. The lowest BCUT2D eigenvalue weighted by Gasteiger charge is -2.07. The first kappa shape index (κ1) is 15.4. The van der Waals surface area contributed by atoms with Crippen LogP contribution in [0.25, 0.3) is 0 Å². The third-order valence-electron chi connectivity index (χ3n) is 2.72. The quantitative estimate of drug-likeness (QED) is 0.769. The van der Waals surface area contributed by atoms with Crippen LogP contribution in [0.3, 0.4) is 0 Å². The van der Waals surface area contributed by atoms with Crippen molar-refractivity contribution in [1.82, 2.24) is 5.32 Å². The van der Waals surface area contributed by atoms with Gasteiger partial charge in [0, 0.05) is 27.5 Å². The fourth-order valence-electron chi connectivity index (χ4n) is 1.79. The summed E-state index contributed by atoms with van der Waals surface area (Å²) in [6.07, 6.45) is 0. The van der Waals surface area contributed by atoms with Gasteiger partial charge in [-0.3, -0.25) is 4.79 Å². The highest BCUT2D eigenvalue weighted by molar-refractivity contribution is 9.10. The van der Waals surface area contributed by atoms with Gasteiger partial charge in [-0.15, -0.1) is 11.6 Å². The molecule has 0 aliphatic carbocycles. The van der Waals surface area contributed by atoms with E-state index in [4.69, 9.17) is 23.2 Å². The predicted octanol–water partition coefficient (Wildman–Crippen LogP) is 4.77. The summed E-state index contributed by atoms with van der Waals surface area (Å²) in [5.41, 5.74) is 2.57. The maximum atomic E-state index is 12.1. The van der Waals surface area contributed by atoms with Gasteiger partial charge in [0.2, 0.25) is 0 Å². The number of hydrogen-bond acceptors (Lipinski definition) is 1. The van der Waals surface area contributed by atoms with Crippen LogP contribution >= 0.6 is 39.1 Å². The smallest absolute Gasteiger partial charge is 0.251 e. The van der Waals surface area contributed by atoms with E-state index in [2.05, 4.69) is 21.2 Å². The van der Waals surface area contributed by atoms with E-state index in [0.29, 0.717) is 23.0 Å². The molecule has 2 aromatic rings. The van der Waals surface area contributed by atoms with Crippen LogP contribution in [0.4, 0.5) is 0 Å². The molecular formula is C15H12BrCl2NO. The SMILES string of the molecule is O=C(NCc1cccc(CCl)c1)c1cc(Cl)cc(Br)c1. The minimum absolute atomic E-state index is 0.163. The number of carbonyl (C=O) groups is 1. The van der Waals surface area contributed by atoms with Gasteiger partial charge >= 0.3 is 0 Å². The molecule has 104 valence electrons. The second-order valence-corrected chi connectivity index (χ2v) is 5.91. The predicted molar refractivity (Wildman–Crippen MR) is 86.3 cm³/mol. The largest absolute Gasteiger partial charge is 0.348 e. The minimum atomic E-state index is -0.163. The molecule has 2 rings (SSSR count). The lowest BCUT2D eigenvalue weighted by Crippen LogP contribution is -2.22. The maximum absolute atomic E-state index is 12.1. The van der Waals surface area contributed by atoms with Crippen molar-refractivity contribution in [2.24, 2.45) is 0 Å². The summed E-state index contributed by atoms with van der Waals surface area (Å²) >= 11 is 15.0. The van der Waals surface area contributed by atoms with Gasteiger partial charge in [-0.2, -0.15) is 0 Å². The van der Waals surface area contributed by atoms with E-state index in [9.17, 15) is 4.79 Å². The van der Waals surface area contributed by atoms with Gasteiger partial charge < -0.3 is 5.32 Å². The van der Waals surface area contributed by atoms with Crippen molar-refractivity contribution in [3.05, 3.63) is 68.7 Å². The average molecular weight is 373 g/mol. The van der Waals surface area contributed by atoms with Crippen molar-refractivity contribution in [2.75, 3.05) is 0 Å². The average Bonchev–Trinajstić information content (AvgIpc) is 2.44. The molecule has 0 heterocycles. The summed E-state index contributed by atoms with van der Waals surface area (Å²) in [5.74, 6) is 0.299. The second-order valence-electron chi connectivity index (χ2n) is 4.29. The Morgan fingerprint density at radius 1 is 1.15 bits per heavy atom. The van der Waals surface area contributed by atoms with Crippen molar-refractivity contribution in [2.45, 2.75) is 12.4 Å². The van der Waals surface area contributed by atoms with Crippen LogP contribution in [-0.4, -0.2) is 5.91 Å². The molecule has 20 heavy (non-hydrogen) atoms. The van der Waals surface area contributed by atoms with E-state index in [0.717, 1.165) is 15.6 Å². The summed E-state index contributed by atoms with van der Waals surface area (Å²) in [4.78, 5) is 12.1. The summed E-state index contributed by atoms with van der Waals surface area (Å²) in [6, 6.07) is 12.9. The highest BCUT2D eigenvalue weighted by Crippen LogP contribution is 2.19. The van der Waals surface area contributed by atoms with Crippen molar-refractivity contribution in [3.63, 3.8) is 0 Å². The molecule has 0 bridgehead atoms. The molecule has 0 saturated heterocycles. The van der Waals surface area contributed by atoms with Crippen LogP contribution in [0.2, 0.25) is 5.02 Å². The lowest BCUT2D eigenvalue weighted by molar-refractivity contribution is 0.0951. The van der Waals surface area contributed by atoms with E-state index >= 15 is 0 Å². The Kier molecular flexibility index (Phi) is 5.46. The Bertz CT molecular complexity index is 611. The molecule has 0 unspecified atom stereocenters. The number of halogens is 3. The molecule has 0 saturated carbocycles. The molecule has 0 aliphatic rings. The van der Waals surface area contributed by atoms with E-state index < -0.39 is 0 Å². The molecule has 0 fully saturated rings. The van der Waals surface area contributed by atoms with Crippen LogP contribution in [0, 0.1) is 0 Å². The number of hydrogen-bond donors (Lipinski definition) is 1. The molecule has 1 N–H and O–H groups in total. The monoisotopic (exact) mass is 371 g/mol. The molecule has 0 spiro atoms. The van der Waals surface area contributed by atoms with Crippen molar-refractivity contribution in [3.8, 4) is 0 Å². The third kappa shape index (κ3) is 4.23. The highest BCUT2D eigenvalue weighted by atomic mass is 79.9. The molecule has 2 aromatic carbocycles. The molecule has 0 aliphatic heterocycles. The van der Waals surface area contributed by atoms with Crippen molar-refractivity contribution < 1.29 is 4.79 Å². The van der Waals surface area contributed by atoms with Gasteiger partial charge in [-0.25, -0.2) is 0 Å². The molecule has 5 heteroatoms. The Morgan fingerprint density at radius 3 is 2.60 bits per heavy atom. The standard InChI is InChI=1S/C15H12BrCl2NO/c16-13-5-12(6-14(18)7-13)15(20)19-9-11-3-1-2-10(4-11)8-17/h1-7H,8-9H2,(H,19,20). The first-order chi connectivity index (χ1) is 9.58. The van der Waals surface area contributed by atoms with Gasteiger partial charge in [-0.05, 0) is 29.3 Å². The Labute approximate surface area is 136 Å². The lowest BCUT2D eigenvalue weighted by atomic mass is 10.1. The first-order valence-electron chi connectivity index (χ1n) is 5.96. The molecule has 0 aromatic heterocycles. The first-order valence-corrected chi connectivity index (χ1v) is 7.67.